The van der Waals surface area contributed by atoms with Gasteiger partial charge in [-0.15, -0.1) is 0 Å². The molecule has 0 heterocycles. The number of nitrogens with two attached hydrogens (primary N) is 1. The van der Waals surface area contributed by atoms with Gasteiger partial charge in [-0.25, -0.2) is 0 Å². The Bertz CT molecular complexity index is 409. The number of hydrogen-bond acceptors (Lipinski definition) is 2. The summed E-state index contributed by atoms with van der Waals surface area (Å²) in [4.78, 5) is 11.7. The molecule has 1 aromatic rings. The van der Waals surface area contributed by atoms with Gasteiger partial charge in [-0.2, -0.15) is 0 Å². The highest BCUT2D eigenvalue weighted by molar-refractivity contribution is 9.10. The summed E-state index contributed by atoms with van der Waals surface area (Å²) in [5, 5.41) is 3.27. The van der Waals surface area contributed by atoms with Crippen LogP contribution in [0.1, 0.15) is 20.3 Å². The van der Waals surface area contributed by atoms with Gasteiger partial charge < -0.3 is 11.1 Å². The number of nitrogens with one attached hydrogen (secondary N) is 1. The topological polar surface area (TPSA) is 55.1 Å². The van der Waals surface area contributed by atoms with E-state index in [9.17, 15) is 4.79 Å². The Balaban J connectivity index is 2.65. The molecule has 0 aromatic heterocycles. The Hall–Kier alpha value is -0.580. The number of halogens is 2. The average molecular weight is 320 g/mol. The van der Waals surface area contributed by atoms with Crippen LogP contribution in [0.3, 0.4) is 0 Å². The van der Waals surface area contributed by atoms with Crippen molar-refractivity contribution in [1.29, 1.82) is 0 Å². The van der Waals surface area contributed by atoms with Crippen molar-refractivity contribution in [3.63, 3.8) is 0 Å². The first-order valence-corrected chi connectivity index (χ1v) is 6.57. The van der Waals surface area contributed by atoms with Crippen molar-refractivity contribution < 1.29 is 4.79 Å². The Kier molecular flexibility index (Phi) is 5.43. The molecule has 1 amide bonds. The van der Waals surface area contributed by atoms with E-state index in [4.69, 9.17) is 17.3 Å². The zero-order chi connectivity index (χ0) is 13.0. The van der Waals surface area contributed by atoms with Gasteiger partial charge in [0.2, 0.25) is 5.91 Å². The Morgan fingerprint density at radius 2 is 2.18 bits per heavy atom. The summed E-state index contributed by atoms with van der Waals surface area (Å²) in [6.45, 7) is 3.98. The minimum absolute atomic E-state index is 0.119. The van der Waals surface area contributed by atoms with Gasteiger partial charge in [0.1, 0.15) is 0 Å². The zero-order valence-electron chi connectivity index (χ0n) is 9.84. The highest BCUT2D eigenvalue weighted by Gasteiger charge is 2.14. The molecule has 3 nitrogen and oxygen atoms in total. The first-order valence-electron chi connectivity index (χ1n) is 5.40. The predicted octanol–water partition coefficient (Wildman–Crippen LogP) is 3.41. The van der Waals surface area contributed by atoms with Gasteiger partial charge in [-0.3, -0.25) is 4.79 Å². The van der Waals surface area contributed by atoms with E-state index in [1.54, 1.807) is 12.1 Å². The van der Waals surface area contributed by atoms with E-state index in [-0.39, 0.29) is 17.9 Å². The fourth-order valence-corrected chi connectivity index (χ4v) is 1.77. The van der Waals surface area contributed by atoms with Crippen molar-refractivity contribution in [2.45, 2.75) is 26.3 Å². The lowest BCUT2D eigenvalue weighted by molar-refractivity contribution is -0.116. The first-order chi connectivity index (χ1) is 7.90. The molecule has 0 saturated carbocycles. The number of rotatable bonds is 4. The van der Waals surface area contributed by atoms with E-state index in [1.807, 2.05) is 19.9 Å². The van der Waals surface area contributed by atoms with Gasteiger partial charge >= 0.3 is 0 Å². The third-order valence-electron chi connectivity index (χ3n) is 2.48. The van der Waals surface area contributed by atoms with E-state index in [0.29, 0.717) is 17.1 Å². The maximum absolute atomic E-state index is 11.7. The molecule has 0 fully saturated rings. The SMILES string of the molecule is CC(C)C(N)CC(=O)Nc1cc(Br)ccc1Cl. The molecule has 1 atom stereocenters. The van der Waals surface area contributed by atoms with Crippen LogP contribution in [0, 0.1) is 5.92 Å². The van der Waals surface area contributed by atoms with E-state index in [0.717, 1.165) is 4.47 Å². The maximum atomic E-state index is 11.7. The van der Waals surface area contributed by atoms with Gasteiger partial charge in [0.15, 0.2) is 0 Å². The highest BCUT2D eigenvalue weighted by Crippen LogP contribution is 2.25. The number of carbonyl (C=O) groups is 1. The number of carbonyl (C=O) groups excluding carboxylic acids is 1. The van der Waals surface area contributed by atoms with Crippen LogP contribution >= 0.6 is 27.5 Å². The summed E-state index contributed by atoms with van der Waals surface area (Å²) in [6.07, 6.45) is 0.292. The number of benzene rings is 1. The van der Waals surface area contributed by atoms with Crippen LogP contribution in [0.25, 0.3) is 0 Å². The summed E-state index contributed by atoms with van der Waals surface area (Å²) in [6, 6.07) is 5.17. The molecule has 0 spiro atoms. The lowest BCUT2D eigenvalue weighted by atomic mass is 10.0. The van der Waals surface area contributed by atoms with Crippen molar-refractivity contribution >= 4 is 39.1 Å². The van der Waals surface area contributed by atoms with Gasteiger partial charge in [0.25, 0.3) is 0 Å². The van der Waals surface area contributed by atoms with Crippen LogP contribution in [0.5, 0.6) is 0 Å². The van der Waals surface area contributed by atoms with Crippen molar-refractivity contribution in [1.82, 2.24) is 0 Å². The van der Waals surface area contributed by atoms with Gasteiger partial charge in [-0.05, 0) is 24.1 Å². The average Bonchev–Trinajstić information content (AvgIpc) is 2.23. The third-order valence-corrected chi connectivity index (χ3v) is 3.30. The fourth-order valence-electron chi connectivity index (χ4n) is 1.24. The molecule has 0 aliphatic rings. The number of anilines is 1. The molecule has 1 unspecified atom stereocenters. The van der Waals surface area contributed by atoms with Crippen LogP contribution < -0.4 is 11.1 Å². The van der Waals surface area contributed by atoms with Gasteiger partial charge in [0.05, 0.1) is 10.7 Å². The quantitative estimate of drug-likeness (QED) is 0.893. The number of hydrogen-bond donors (Lipinski definition) is 2. The monoisotopic (exact) mass is 318 g/mol. The second-order valence-electron chi connectivity index (χ2n) is 4.28. The minimum atomic E-state index is -0.138. The van der Waals surface area contributed by atoms with Crippen LogP contribution in [-0.4, -0.2) is 11.9 Å². The lowest BCUT2D eigenvalue weighted by Gasteiger charge is -2.15. The molecule has 0 saturated heterocycles. The van der Waals surface area contributed by atoms with E-state index >= 15 is 0 Å². The zero-order valence-corrected chi connectivity index (χ0v) is 12.2. The maximum Gasteiger partial charge on any atom is 0.225 e. The molecule has 94 valence electrons. The van der Waals surface area contributed by atoms with Crippen LogP contribution in [0.15, 0.2) is 22.7 Å². The normalized spacial score (nSPS) is 12.6. The molecule has 3 N–H and O–H groups in total. The first kappa shape index (κ1) is 14.5. The second-order valence-corrected chi connectivity index (χ2v) is 5.61. The van der Waals surface area contributed by atoms with E-state index in [2.05, 4.69) is 21.2 Å². The van der Waals surface area contributed by atoms with Crippen LogP contribution in [0.2, 0.25) is 5.02 Å². The molecule has 5 heteroatoms. The fraction of sp³-hybridized carbons (Fsp3) is 0.417. The predicted molar refractivity (Wildman–Crippen MR) is 75.2 cm³/mol. The molecular weight excluding hydrogens is 304 g/mol. The largest absolute Gasteiger partial charge is 0.327 e. The molecule has 1 aromatic carbocycles. The minimum Gasteiger partial charge on any atom is -0.327 e. The van der Waals surface area contributed by atoms with Gasteiger partial charge in [0, 0.05) is 16.9 Å². The van der Waals surface area contributed by atoms with Crippen molar-refractivity contribution in [2.75, 3.05) is 5.32 Å². The van der Waals surface area contributed by atoms with Crippen molar-refractivity contribution in [2.24, 2.45) is 11.7 Å². The van der Waals surface area contributed by atoms with Crippen molar-refractivity contribution in [3.05, 3.63) is 27.7 Å². The Morgan fingerprint density at radius 3 is 2.76 bits per heavy atom. The molecule has 0 aliphatic carbocycles. The summed E-state index contributed by atoms with van der Waals surface area (Å²) in [7, 11) is 0. The molecule has 0 radical (unpaired) electrons. The van der Waals surface area contributed by atoms with Crippen molar-refractivity contribution in [3.8, 4) is 0 Å². The summed E-state index contributed by atoms with van der Waals surface area (Å²) < 4.78 is 0.866. The number of amides is 1. The second kappa shape index (κ2) is 6.38. The molecule has 17 heavy (non-hydrogen) atoms. The Labute approximate surface area is 115 Å². The van der Waals surface area contributed by atoms with E-state index in [1.165, 1.54) is 0 Å². The van der Waals surface area contributed by atoms with Crippen LogP contribution in [-0.2, 0) is 4.79 Å². The van der Waals surface area contributed by atoms with Gasteiger partial charge in [-0.1, -0.05) is 41.4 Å². The molecule has 0 aliphatic heterocycles. The standard InChI is InChI=1S/C12H16BrClN2O/c1-7(2)10(15)6-12(17)16-11-5-8(13)3-4-9(11)14/h3-5,7,10H,6,15H2,1-2H3,(H,16,17). The summed E-state index contributed by atoms with van der Waals surface area (Å²) in [5.41, 5.74) is 6.43. The summed E-state index contributed by atoms with van der Waals surface area (Å²) in [5.74, 6) is 0.157. The molecule has 0 bridgehead atoms. The molecular formula is C12H16BrClN2O. The lowest BCUT2D eigenvalue weighted by Crippen LogP contribution is -2.31. The highest BCUT2D eigenvalue weighted by atomic mass is 79.9. The summed E-state index contributed by atoms with van der Waals surface area (Å²) >= 11 is 9.30. The molecule has 1 rings (SSSR count). The van der Waals surface area contributed by atoms with Crippen LogP contribution in [0.4, 0.5) is 5.69 Å². The van der Waals surface area contributed by atoms with E-state index < -0.39 is 0 Å². The third kappa shape index (κ3) is 4.66. The Morgan fingerprint density at radius 1 is 1.53 bits per heavy atom. The smallest absolute Gasteiger partial charge is 0.225 e.